The molecule has 0 aromatic heterocycles. The van der Waals surface area contributed by atoms with E-state index in [1.54, 1.807) is 13.8 Å². The van der Waals surface area contributed by atoms with Gasteiger partial charge in [0.05, 0.1) is 18.2 Å². The molecular formula is C8H15NO3S. The third-order valence-electron chi connectivity index (χ3n) is 1.59. The summed E-state index contributed by atoms with van der Waals surface area (Å²) in [6.07, 6.45) is -0.294. The first kappa shape index (κ1) is 12.3. The Morgan fingerprint density at radius 1 is 1.69 bits per heavy atom. The number of carbonyl (C=O) groups excluding carboxylic acids is 1. The van der Waals surface area contributed by atoms with Gasteiger partial charge in [0.2, 0.25) is 0 Å². The Bertz CT molecular complexity index is 175. The topological polar surface area (TPSA) is 58.6 Å². The minimum atomic E-state index is -0.766. The number of rotatable bonds is 6. The molecule has 0 saturated heterocycles. The van der Waals surface area contributed by atoms with Crippen LogP contribution in [0.25, 0.3) is 0 Å². The van der Waals surface area contributed by atoms with Gasteiger partial charge in [-0.2, -0.15) is 0 Å². The van der Waals surface area contributed by atoms with Gasteiger partial charge >= 0.3 is 5.97 Å². The fourth-order valence-electron chi connectivity index (χ4n) is 0.877. The van der Waals surface area contributed by atoms with Crippen LogP contribution in [-0.2, 0) is 9.53 Å². The summed E-state index contributed by atoms with van der Waals surface area (Å²) in [5, 5.41) is 12.0. The van der Waals surface area contributed by atoms with Crippen LogP contribution in [0.2, 0.25) is 0 Å². The molecule has 4 nitrogen and oxygen atoms in total. The Labute approximate surface area is 83.3 Å². The molecule has 0 aromatic rings. The molecule has 0 amide bonds. The molecule has 0 heterocycles. The van der Waals surface area contributed by atoms with E-state index in [1.165, 1.54) is 5.49 Å². The van der Waals surface area contributed by atoms with E-state index in [-0.39, 0.29) is 0 Å². The first-order valence-electron chi connectivity index (χ1n) is 4.21. The van der Waals surface area contributed by atoms with E-state index in [2.05, 4.69) is 17.5 Å². The van der Waals surface area contributed by atoms with Crippen LogP contribution in [0, 0.1) is 0 Å². The van der Waals surface area contributed by atoms with E-state index in [0.29, 0.717) is 13.0 Å². The van der Waals surface area contributed by atoms with E-state index >= 15 is 0 Å². The number of thiocarbonyl (C=S) groups is 1. The predicted molar refractivity (Wildman–Crippen MR) is 53.5 cm³/mol. The quantitative estimate of drug-likeness (QED) is 0.480. The molecule has 0 radical (unpaired) electrons. The van der Waals surface area contributed by atoms with E-state index in [1.807, 2.05) is 0 Å². The molecule has 2 N–H and O–H groups in total. The average molecular weight is 205 g/mol. The lowest BCUT2D eigenvalue weighted by molar-refractivity contribution is -0.148. The Hall–Kier alpha value is -0.680. The van der Waals surface area contributed by atoms with Crippen LogP contribution in [0.3, 0.4) is 0 Å². The summed E-state index contributed by atoms with van der Waals surface area (Å²) < 4.78 is 4.75. The number of hydrogen-bond donors (Lipinski definition) is 2. The maximum Gasteiger partial charge on any atom is 0.331 e. The van der Waals surface area contributed by atoms with Gasteiger partial charge in [-0.15, -0.1) is 0 Å². The summed E-state index contributed by atoms with van der Waals surface area (Å²) in [6, 6.07) is -0.748. The van der Waals surface area contributed by atoms with Crippen LogP contribution >= 0.6 is 12.2 Å². The van der Waals surface area contributed by atoms with Gasteiger partial charge in [-0.05, 0) is 13.3 Å². The van der Waals surface area contributed by atoms with E-state index < -0.39 is 18.1 Å². The first-order valence-corrected chi connectivity index (χ1v) is 4.68. The lowest BCUT2D eigenvalue weighted by Crippen LogP contribution is -2.45. The summed E-state index contributed by atoms with van der Waals surface area (Å²) in [7, 11) is 0. The average Bonchev–Trinajstić information content (AvgIpc) is 2.13. The van der Waals surface area contributed by atoms with Gasteiger partial charge in [0.1, 0.15) is 0 Å². The molecule has 0 fully saturated rings. The van der Waals surface area contributed by atoms with Crippen LogP contribution < -0.4 is 5.32 Å². The molecule has 2 atom stereocenters. The lowest BCUT2D eigenvalue weighted by Gasteiger charge is -2.19. The number of aliphatic hydroxyl groups is 1. The van der Waals surface area contributed by atoms with Crippen LogP contribution in [0.5, 0.6) is 0 Å². The number of ether oxygens (including phenoxy) is 1. The molecule has 0 aromatic carbocycles. The molecule has 0 aliphatic rings. The molecule has 5 heteroatoms. The fraction of sp³-hybridized carbons (Fsp3) is 0.750. The second-order valence-corrected chi connectivity index (χ2v) is 2.73. The summed E-state index contributed by atoms with van der Waals surface area (Å²) in [6.45, 7) is 3.79. The maximum atomic E-state index is 11.2. The number of esters is 1. The Morgan fingerprint density at radius 3 is 2.69 bits per heavy atom. The van der Waals surface area contributed by atoms with Crippen LogP contribution in [0.4, 0.5) is 0 Å². The molecule has 2 unspecified atom stereocenters. The van der Waals surface area contributed by atoms with Gasteiger partial charge in [0.15, 0.2) is 6.04 Å². The molecular weight excluding hydrogens is 190 g/mol. The van der Waals surface area contributed by atoms with Crippen molar-refractivity contribution in [2.45, 2.75) is 32.4 Å². The van der Waals surface area contributed by atoms with Crippen LogP contribution in [-0.4, -0.2) is 35.3 Å². The van der Waals surface area contributed by atoms with Crippen molar-refractivity contribution in [1.29, 1.82) is 0 Å². The normalized spacial score (nSPS) is 14.4. The number of carbonyl (C=O) groups is 1. The maximum absolute atomic E-state index is 11.2. The third-order valence-corrected chi connectivity index (χ3v) is 1.73. The zero-order valence-corrected chi connectivity index (χ0v) is 8.63. The van der Waals surface area contributed by atoms with E-state index in [0.717, 1.165) is 0 Å². The van der Waals surface area contributed by atoms with E-state index in [9.17, 15) is 9.90 Å². The molecule has 0 aliphatic heterocycles. The van der Waals surface area contributed by atoms with Crippen molar-refractivity contribution in [3.63, 3.8) is 0 Å². The van der Waals surface area contributed by atoms with Crippen molar-refractivity contribution in [2.75, 3.05) is 6.61 Å². The molecule has 0 bridgehead atoms. The van der Waals surface area contributed by atoms with Crippen molar-refractivity contribution in [3.05, 3.63) is 0 Å². The van der Waals surface area contributed by atoms with Crippen LogP contribution in [0.15, 0.2) is 0 Å². The van der Waals surface area contributed by atoms with Crippen molar-refractivity contribution in [2.24, 2.45) is 0 Å². The highest BCUT2D eigenvalue weighted by Gasteiger charge is 2.25. The smallest absolute Gasteiger partial charge is 0.331 e. The molecule has 0 saturated carbocycles. The highest BCUT2D eigenvalue weighted by atomic mass is 32.1. The van der Waals surface area contributed by atoms with Gasteiger partial charge in [-0.25, -0.2) is 4.79 Å². The zero-order chi connectivity index (χ0) is 10.3. The Kier molecular flexibility index (Phi) is 6.44. The Balaban J connectivity index is 4.21. The highest BCUT2D eigenvalue weighted by Crippen LogP contribution is 2.00. The van der Waals surface area contributed by atoms with Crippen molar-refractivity contribution < 1.29 is 14.6 Å². The van der Waals surface area contributed by atoms with Gasteiger partial charge in [0.25, 0.3) is 0 Å². The molecule has 76 valence electrons. The predicted octanol–water partition coefficient (Wildman–Crippen LogP) is 0.236. The molecule has 0 spiro atoms. The minimum Gasteiger partial charge on any atom is -0.464 e. The fourth-order valence-corrected chi connectivity index (χ4v) is 1.02. The number of hydrogen-bond acceptors (Lipinski definition) is 4. The highest BCUT2D eigenvalue weighted by molar-refractivity contribution is 7.78. The summed E-state index contributed by atoms with van der Waals surface area (Å²) in [5.74, 6) is -0.474. The van der Waals surface area contributed by atoms with Crippen LogP contribution in [0.1, 0.15) is 20.3 Å². The number of aliphatic hydroxyl groups excluding tert-OH is 1. The monoisotopic (exact) mass is 205 g/mol. The SMILES string of the molecule is CCOC(=O)C(NC=S)C(O)CC. The van der Waals surface area contributed by atoms with Crippen molar-refractivity contribution in [1.82, 2.24) is 5.32 Å². The first-order chi connectivity index (χ1) is 6.17. The van der Waals surface area contributed by atoms with E-state index in [4.69, 9.17) is 4.74 Å². The summed E-state index contributed by atoms with van der Waals surface area (Å²) in [5.41, 5.74) is 1.21. The Morgan fingerprint density at radius 2 is 2.31 bits per heavy atom. The van der Waals surface area contributed by atoms with Crippen molar-refractivity contribution >= 4 is 23.7 Å². The molecule has 0 rings (SSSR count). The standard InChI is InChI=1S/C8H15NO3S/c1-3-6(10)7(9-5-13)8(11)12-4-2/h5-7,10H,3-4H2,1-2H3,(H,9,13). The summed E-state index contributed by atoms with van der Waals surface area (Å²) in [4.78, 5) is 11.2. The molecule has 0 aliphatic carbocycles. The van der Waals surface area contributed by atoms with Gasteiger partial charge in [-0.3, -0.25) is 0 Å². The second kappa shape index (κ2) is 6.80. The van der Waals surface area contributed by atoms with Gasteiger partial charge < -0.3 is 15.2 Å². The third kappa shape index (κ3) is 4.19. The van der Waals surface area contributed by atoms with Crippen molar-refractivity contribution in [3.8, 4) is 0 Å². The lowest BCUT2D eigenvalue weighted by atomic mass is 10.1. The molecule has 13 heavy (non-hydrogen) atoms. The van der Waals surface area contributed by atoms with Gasteiger partial charge in [-0.1, -0.05) is 19.1 Å². The minimum absolute atomic E-state index is 0.297. The zero-order valence-electron chi connectivity index (χ0n) is 7.82. The number of nitrogens with one attached hydrogen (secondary N) is 1. The summed E-state index contributed by atoms with van der Waals surface area (Å²) >= 11 is 4.54. The second-order valence-electron chi connectivity index (χ2n) is 2.49. The van der Waals surface area contributed by atoms with Gasteiger partial charge in [0, 0.05) is 0 Å². The largest absolute Gasteiger partial charge is 0.464 e.